The molecule has 1 aliphatic carbocycles. The van der Waals surface area contributed by atoms with Gasteiger partial charge in [-0.1, -0.05) is 11.3 Å². The molecule has 0 bridgehead atoms. The Labute approximate surface area is 223 Å². The SMILES string of the molecule is COCCn1c(=NC(=O)CSCC(=O)Nc2sc3c(c2C(=O)OC)CCC3)sc2cc([N+](=O)[O-])ccc21. The molecule has 0 spiro atoms. The van der Waals surface area contributed by atoms with Gasteiger partial charge in [0, 0.05) is 30.7 Å². The van der Waals surface area contributed by atoms with E-state index in [9.17, 15) is 24.5 Å². The number of non-ortho nitro benzene ring substituents is 1. The van der Waals surface area contributed by atoms with Crippen LogP contribution in [0.4, 0.5) is 10.7 Å². The number of carbonyl (C=O) groups excluding carboxylic acids is 3. The van der Waals surface area contributed by atoms with Crippen molar-refractivity contribution in [1.82, 2.24) is 4.57 Å². The van der Waals surface area contributed by atoms with Gasteiger partial charge in [0.15, 0.2) is 4.80 Å². The molecule has 0 aliphatic heterocycles. The molecule has 4 rings (SSSR count). The number of carbonyl (C=O) groups is 3. The van der Waals surface area contributed by atoms with Gasteiger partial charge in [0.2, 0.25) is 5.91 Å². The molecule has 3 aromatic rings. The zero-order valence-electron chi connectivity index (χ0n) is 20.1. The summed E-state index contributed by atoms with van der Waals surface area (Å²) >= 11 is 3.68. The molecular formula is C23H24N4O7S3. The van der Waals surface area contributed by atoms with Gasteiger partial charge in [-0.3, -0.25) is 19.7 Å². The predicted molar refractivity (Wildman–Crippen MR) is 143 cm³/mol. The fourth-order valence-corrected chi connectivity index (χ4v) is 7.00. The minimum atomic E-state index is -0.472. The number of hydrogen-bond donors (Lipinski definition) is 1. The Morgan fingerprint density at radius 1 is 1.22 bits per heavy atom. The van der Waals surface area contributed by atoms with Crippen LogP contribution in [0.5, 0.6) is 0 Å². The molecular weight excluding hydrogens is 540 g/mol. The Bertz CT molecular complexity index is 1440. The minimum Gasteiger partial charge on any atom is -0.465 e. The van der Waals surface area contributed by atoms with Crippen molar-refractivity contribution in [3.05, 3.63) is 49.1 Å². The van der Waals surface area contributed by atoms with Crippen LogP contribution in [-0.2, 0) is 38.4 Å². The van der Waals surface area contributed by atoms with Gasteiger partial charge in [-0.05, 0) is 30.9 Å². The van der Waals surface area contributed by atoms with Crippen molar-refractivity contribution < 1.29 is 28.8 Å². The van der Waals surface area contributed by atoms with Crippen LogP contribution in [0.15, 0.2) is 23.2 Å². The first-order valence-corrected chi connectivity index (χ1v) is 14.1. The summed E-state index contributed by atoms with van der Waals surface area (Å²) in [5, 5.41) is 14.4. The summed E-state index contributed by atoms with van der Waals surface area (Å²) in [6, 6.07) is 4.49. The summed E-state index contributed by atoms with van der Waals surface area (Å²) in [5.74, 6) is -1.25. The standard InChI is InChI=1S/C23H24N4O7S3/c1-33-9-8-26-15-7-6-13(27(31)32)10-17(15)37-23(26)25-19(29)12-35-11-18(28)24-21-20(22(30)34-2)14-4-3-5-16(14)36-21/h6-7,10H,3-5,8-9,11-12H2,1-2H3,(H,24,28). The molecule has 14 heteroatoms. The Morgan fingerprint density at radius 2 is 2.03 bits per heavy atom. The largest absolute Gasteiger partial charge is 0.465 e. The maximum atomic E-state index is 12.6. The van der Waals surface area contributed by atoms with Gasteiger partial charge < -0.3 is 19.4 Å². The quantitative estimate of drug-likeness (QED) is 0.224. The van der Waals surface area contributed by atoms with Crippen molar-refractivity contribution in [3.8, 4) is 0 Å². The highest BCUT2D eigenvalue weighted by atomic mass is 32.2. The number of nitrogens with one attached hydrogen (secondary N) is 1. The average molecular weight is 565 g/mol. The smallest absolute Gasteiger partial charge is 0.341 e. The first kappa shape index (κ1) is 27.0. The number of fused-ring (bicyclic) bond motifs is 2. The number of anilines is 1. The lowest BCUT2D eigenvalue weighted by Crippen LogP contribution is -2.20. The molecule has 1 aromatic carbocycles. The van der Waals surface area contributed by atoms with E-state index in [1.807, 2.05) is 0 Å². The molecule has 2 aromatic heterocycles. The summed E-state index contributed by atoms with van der Waals surface area (Å²) < 4.78 is 12.5. The summed E-state index contributed by atoms with van der Waals surface area (Å²) in [7, 11) is 2.87. The second-order valence-electron chi connectivity index (χ2n) is 8.04. The van der Waals surface area contributed by atoms with Gasteiger partial charge in [0.05, 0.1) is 45.9 Å². The monoisotopic (exact) mass is 564 g/mol. The fourth-order valence-electron chi connectivity index (χ4n) is 4.00. The number of thiazole rings is 1. The number of rotatable bonds is 10. The molecule has 0 atom stereocenters. The third-order valence-electron chi connectivity index (χ3n) is 5.64. The molecule has 1 aliphatic rings. The number of aryl methyl sites for hydroxylation is 1. The van der Waals surface area contributed by atoms with E-state index >= 15 is 0 Å². The molecule has 0 fully saturated rings. The van der Waals surface area contributed by atoms with Gasteiger partial charge in [0.1, 0.15) is 5.00 Å². The van der Waals surface area contributed by atoms with E-state index in [1.54, 1.807) is 17.7 Å². The summed E-state index contributed by atoms with van der Waals surface area (Å²) in [6.45, 7) is 0.794. The lowest BCUT2D eigenvalue weighted by atomic mass is 10.1. The van der Waals surface area contributed by atoms with Crippen molar-refractivity contribution in [2.45, 2.75) is 25.8 Å². The number of thiophene rings is 1. The van der Waals surface area contributed by atoms with Crippen LogP contribution in [0.1, 0.15) is 27.2 Å². The van der Waals surface area contributed by atoms with Crippen molar-refractivity contribution in [2.75, 3.05) is 37.6 Å². The average Bonchev–Trinajstić information content (AvgIpc) is 3.54. The van der Waals surface area contributed by atoms with E-state index in [0.29, 0.717) is 33.2 Å². The fraction of sp³-hybridized carbons (Fsp3) is 0.391. The van der Waals surface area contributed by atoms with Crippen molar-refractivity contribution in [3.63, 3.8) is 0 Å². The van der Waals surface area contributed by atoms with Gasteiger partial charge in [0.25, 0.3) is 11.6 Å². The van der Waals surface area contributed by atoms with Gasteiger partial charge in [-0.25, -0.2) is 4.79 Å². The van der Waals surface area contributed by atoms with Crippen LogP contribution < -0.4 is 10.1 Å². The second kappa shape index (κ2) is 12.0. The number of amides is 2. The van der Waals surface area contributed by atoms with E-state index in [2.05, 4.69) is 10.3 Å². The van der Waals surface area contributed by atoms with E-state index < -0.39 is 16.8 Å². The zero-order valence-corrected chi connectivity index (χ0v) is 22.6. The molecule has 0 saturated carbocycles. The highest BCUT2D eigenvalue weighted by molar-refractivity contribution is 8.00. The Morgan fingerprint density at radius 3 is 2.76 bits per heavy atom. The summed E-state index contributed by atoms with van der Waals surface area (Å²) in [5.41, 5.74) is 2.05. The number of nitro groups is 1. The van der Waals surface area contributed by atoms with Crippen molar-refractivity contribution >= 4 is 73.1 Å². The van der Waals surface area contributed by atoms with Crippen LogP contribution in [0.25, 0.3) is 10.2 Å². The Kier molecular flexibility index (Phi) is 8.74. The minimum absolute atomic E-state index is 0.00667. The highest BCUT2D eigenvalue weighted by Gasteiger charge is 2.28. The van der Waals surface area contributed by atoms with Gasteiger partial charge in [-0.2, -0.15) is 4.99 Å². The topological polar surface area (TPSA) is 142 Å². The number of hydrogen-bond acceptors (Lipinski definition) is 10. The molecule has 0 saturated heterocycles. The number of thioether (sulfide) groups is 1. The van der Waals surface area contributed by atoms with E-state index in [0.717, 1.165) is 47.0 Å². The molecule has 37 heavy (non-hydrogen) atoms. The van der Waals surface area contributed by atoms with Gasteiger partial charge in [-0.15, -0.1) is 23.1 Å². The molecule has 11 nitrogen and oxygen atoms in total. The third-order valence-corrected chi connectivity index (χ3v) is 8.80. The van der Waals surface area contributed by atoms with E-state index in [4.69, 9.17) is 9.47 Å². The molecule has 0 unspecified atom stereocenters. The van der Waals surface area contributed by atoms with Crippen LogP contribution in [0.2, 0.25) is 0 Å². The maximum Gasteiger partial charge on any atom is 0.341 e. The normalized spacial score (nSPS) is 13.1. The van der Waals surface area contributed by atoms with Crippen LogP contribution >= 0.6 is 34.4 Å². The number of benzene rings is 1. The number of aromatic nitrogens is 1. The van der Waals surface area contributed by atoms with Crippen LogP contribution in [0, 0.1) is 10.1 Å². The lowest BCUT2D eigenvalue weighted by Gasteiger charge is -2.06. The van der Waals surface area contributed by atoms with Crippen molar-refractivity contribution in [2.24, 2.45) is 4.99 Å². The van der Waals surface area contributed by atoms with E-state index in [1.165, 1.54) is 41.9 Å². The predicted octanol–water partition coefficient (Wildman–Crippen LogP) is 3.39. The molecule has 1 N–H and O–H groups in total. The summed E-state index contributed by atoms with van der Waals surface area (Å²) in [4.78, 5) is 53.7. The Hall–Kier alpha value is -3.07. The number of nitro benzene ring substituents is 1. The molecule has 2 heterocycles. The highest BCUT2D eigenvalue weighted by Crippen LogP contribution is 2.39. The lowest BCUT2D eigenvalue weighted by molar-refractivity contribution is -0.384. The summed E-state index contributed by atoms with van der Waals surface area (Å²) in [6.07, 6.45) is 2.63. The Balaban J connectivity index is 1.42. The van der Waals surface area contributed by atoms with Crippen LogP contribution in [-0.4, -0.2) is 59.6 Å². The van der Waals surface area contributed by atoms with Crippen molar-refractivity contribution in [1.29, 1.82) is 0 Å². The second-order valence-corrected chi connectivity index (χ2v) is 11.1. The van der Waals surface area contributed by atoms with Crippen LogP contribution in [0.3, 0.4) is 0 Å². The zero-order chi connectivity index (χ0) is 26.5. The maximum absolute atomic E-state index is 12.6. The first-order chi connectivity index (χ1) is 17.8. The van der Waals surface area contributed by atoms with Gasteiger partial charge >= 0.3 is 5.97 Å². The number of ether oxygens (including phenoxy) is 2. The molecule has 2 amide bonds. The third kappa shape index (κ3) is 6.09. The number of nitrogens with zero attached hydrogens (tertiary/aromatic N) is 3. The molecule has 0 radical (unpaired) electrons. The number of esters is 1. The number of methoxy groups -OCH3 is 2. The van der Waals surface area contributed by atoms with E-state index in [-0.39, 0.29) is 23.1 Å². The first-order valence-electron chi connectivity index (χ1n) is 11.3. The molecule has 196 valence electrons.